The molecule has 1 unspecified atom stereocenters. The van der Waals surface area contributed by atoms with E-state index in [-0.39, 0.29) is 10.8 Å². The maximum atomic E-state index is 12.3. The Hall–Kier alpha value is -1.40. The van der Waals surface area contributed by atoms with Crippen LogP contribution in [0.5, 0.6) is 0 Å². The number of hydrogen-bond donors (Lipinski definition) is 2. The molecule has 0 bridgehead atoms. The van der Waals surface area contributed by atoms with Gasteiger partial charge in [-0.3, -0.25) is 4.79 Å². The molecule has 1 aromatic rings. The summed E-state index contributed by atoms with van der Waals surface area (Å²) in [6, 6.07) is 5.54. The van der Waals surface area contributed by atoms with Crippen LogP contribution in [0.1, 0.15) is 52.0 Å². The molecular formula is C17H27NO4S. The van der Waals surface area contributed by atoms with Gasteiger partial charge in [0.15, 0.2) is 0 Å². The third kappa shape index (κ3) is 6.31. The van der Waals surface area contributed by atoms with Gasteiger partial charge in [-0.05, 0) is 36.5 Å². The number of aliphatic carboxylic acids is 1. The second kappa shape index (κ2) is 9.03. The monoisotopic (exact) mass is 341 g/mol. The first-order valence-electron chi connectivity index (χ1n) is 8.12. The van der Waals surface area contributed by atoms with E-state index >= 15 is 0 Å². The normalized spacial score (nSPS) is 13.2. The molecule has 1 atom stereocenters. The number of hydrogen-bond acceptors (Lipinski definition) is 3. The first kappa shape index (κ1) is 19.6. The second-order valence-corrected chi connectivity index (χ2v) is 7.85. The summed E-state index contributed by atoms with van der Waals surface area (Å²) in [5.41, 5.74) is 1.10. The van der Waals surface area contributed by atoms with Crippen molar-refractivity contribution in [2.75, 3.05) is 0 Å². The molecule has 130 valence electrons. The Kier molecular flexibility index (Phi) is 7.72. The van der Waals surface area contributed by atoms with Crippen LogP contribution in [-0.2, 0) is 21.2 Å². The number of rotatable bonds is 10. The highest BCUT2D eigenvalue weighted by Gasteiger charge is 2.27. The molecule has 0 aliphatic rings. The molecule has 1 aromatic carbocycles. The maximum absolute atomic E-state index is 12.3. The molecule has 0 amide bonds. The fourth-order valence-electron chi connectivity index (χ4n) is 2.30. The van der Waals surface area contributed by atoms with Crippen molar-refractivity contribution in [2.24, 2.45) is 5.92 Å². The Morgan fingerprint density at radius 2 is 1.74 bits per heavy atom. The van der Waals surface area contributed by atoms with E-state index in [0.717, 1.165) is 18.4 Å². The van der Waals surface area contributed by atoms with Gasteiger partial charge in [-0.2, -0.15) is 4.72 Å². The minimum absolute atomic E-state index is 0.0988. The van der Waals surface area contributed by atoms with Crippen LogP contribution in [0.2, 0.25) is 0 Å². The van der Waals surface area contributed by atoms with Gasteiger partial charge in [-0.25, -0.2) is 8.42 Å². The van der Waals surface area contributed by atoms with Gasteiger partial charge in [-0.15, -0.1) is 0 Å². The van der Waals surface area contributed by atoms with Gasteiger partial charge in [0.2, 0.25) is 10.0 Å². The molecule has 2 N–H and O–H groups in total. The van der Waals surface area contributed by atoms with Crippen LogP contribution in [0, 0.1) is 5.92 Å². The zero-order chi connectivity index (χ0) is 17.5. The minimum Gasteiger partial charge on any atom is -0.480 e. The molecule has 0 aliphatic carbocycles. The zero-order valence-electron chi connectivity index (χ0n) is 14.1. The minimum atomic E-state index is -3.83. The van der Waals surface area contributed by atoms with Gasteiger partial charge in [0.05, 0.1) is 4.90 Å². The third-order valence-corrected chi connectivity index (χ3v) is 5.22. The Bertz CT molecular complexity index is 594. The van der Waals surface area contributed by atoms with Gasteiger partial charge in [0, 0.05) is 0 Å². The molecule has 0 saturated heterocycles. The number of carbonyl (C=O) groups is 1. The van der Waals surface area contributed by atoms with Crippen LogP contribution >= 0.6 is 0 Å². The van der Waals surface area contributed by atoms with Crippen molar-refractivity contribution < 1.29 is 18.3 Å². The highest BCUT2D eigenvalue weighted by atomic mass is 32.2. The van der Waals surface area contributed by atoms with Crippen LogP contribution < -0.4 is 4.72 Å². The van der Waals surface area contributed by atoms with Crippen LogP contribution in [0.15, 0.2) is 29.2 Å². The average molecular weight is 341 g/mol. The van der Waals surface area contributed by atoms with E-state index < -0.39 is 22.0 Å². The maximum Gasteiger partial charge on any atom is 0.322 e. The quantitative estimate of drug-likeness (QED) is 0.640. The summed E-state index contributed by atoms with van der Waals surface area (Å²) < 4.78 is 26.8. The van der Waals surface area contributed by atoms with Crippen molar-refractivity contribution in [1.29, 1.82) is 0 Å². The molecule has 0 saturated carbocycles. The molecular weight excluding hydrogens is 314 g/mol. The summed E-state index contributed by atoms with van der Waals surface area (Å²) in [4.78, 5) is 11.2. The van der Waals surface area contributed by atoms with E-state index in [0.29, 0.717) is 0 Å². The number of carboxylic acid groups (broad SMARTS) is 1. The summed E-state index contributed by atoms with van der Waals surface area (Å²) >= 11 is 0. The van der Waals surface area contributed by atoms with E-state index in [4.69, 9.17) is 5.11 Å². The summed E-state index contributed by atoms with van der Waals surface area (Å²) in [5.74, 6) is -1.50. The van der Waals surface area contributed by atoms with E-state index in [1.807, 2.05) is 0 Å². The number of aryl methyl sites for hydroxylation is 1. The van der Waals surface area contributed by atoms with Gasteiger partial charge in [0.25, 0.3) is 0 Å². The van der Waals surface area contributed by atoms with Gasteiger partial charge < -0.3 is 5.11 Å². The number of unbranched alkanes of at least 4 members (excludes halogenated alkanes) is 3. The van der Waals surface area contributed by atoms with Crippen molar-refractivity contribution in [3.8, 4) is 0 Å². The molecule has 6 heteroatoms. The smallest absolute Gasteiger partial charge is 0.322 e. The molecule has 0 radical (unpaired) electrons. The summed E-state index contributed by atoms with van der Waals surface area (Å²) in [7, 11) is -3.83. The molecule has 23 heavy (non-hydrogen) atoms. The standard InChI is InChI=1S/C17H27NO4S/c1-4-5-6-7-8-14-9-11-15(12-10-14)23(21,22)18-16(13(2)3)17(19)20/h9-13,16,18H,4-8H2,1-3H3,(H,19,20). The van der Waals surface area contributed by atoms with Crippen molar-refractivity contribution >= 4 is 16.0 Å². The predicted molar refractivity (Wildman–Crippen MR) is 90.9 cm³/mol. The third-order valence-electron chi connectivity index (χ3n) is 3.77. The Morgan fingerprint density at radius 3 is 2.22 bits per heavy atom. The molecule has 5 nitrogen and oxygen atoms in total. The molecule has 0 aliphatic heterocycles. The highest BCUT2D eigenvalue weighted by Crippen LogP contribution is 2.15. The lowest BCUT2D eigenvalue weighted by atomic mass is 10.1. The lowest BCUT2D eigenvalue weighted by Crippen LogP contribution is -2.44. The fourth-order valence-corrected chi connectivity index (χ4v) is 3.64. The largest absolute Gasteiger partial charge is 0.480 e. The number of benzene rings is 1. The Balaban J connectivity index is 2.75. The van der Waals surface area contributed by atoms with Gasteiger partial charge in [0.1, 0.15) is 6.04 Å². The Morgan fingerprint density at radius 1 is 1.13 bits per heavy atom. The van der Waals surface area contributed by atoms with Crippen molar-refractivity contribution in [3.63, 3.8) is 0 Å². The lowest BCUT2D eigenvalue weighted by Gasteiger charge is -2.18. The molecule has 0 spiro atoms. The van der Waals surface area contributed by atoms with E-state index in [2.05, 4.69) is 11.6 Å². The number of sulfonamides is 1. The summed E-state index contributed by atoms with van der Waals surface area (Å²) in [6.07, 6.45) is 5.59. The van der Waals surface area contributed by atoms with Gasteiger partial charge in [-0.1, -0.05) is 52.2 Å². The van der Waals surface area contributed by atoms with Crippen molar-refractivity contribution in [3.05, 3.63) is 29.8 Å². The van der Waals surface area contributed by atoms with E-state index in [1.165, 1.54) is 31.4 Å². The van der Waals surface area contributed by atoms with Crippen LogP contribution in [-0.4, -0.2) is 25.5 Å². The number of nitrogens with one attached hydrogen (secondary N) is 1. The zero-order valence-corrected chi connectivity index (χ0v) is 14.9. The van der Waals surface area contributed by atoms with E-state index in [9.17, 15) is 13.2 Å². The summed E-state index contributed by atoms with van der Waals surface area (Å²) in [6.45, 7) is 5.50. The molecule has 1 rings (SSSR count). The SMILES string of the molecule is CCCCCCc1ccc(S(=O)(=O)NC(C(=O)O)C(C)C)cc1. The van der Waals surface area contributed by atoms with Crippen LogP contribution in [0.25, 0.3) is 0 Å². The highest BCUT2D eigenvalue weighted by molar-refractivity contribution is 7.89. The summed E-state index contributed by atoms with van der Waals surface area (Å²) in [5, 5.41) is 9.11. The first-order valence-corrected chi connectivity index (χ1v) is 9.60. The Labute approximate surface area is 139 Å². The lowest BCUT2D eigenvalue weighted by molar-refractivity contribution is -0.140. The van der Waals surface area contributed by atoms with Crippen molar-refractivity contribution in [2.45, 2.75) is 63.8 Å². The van der Waals surface area contributed by atoms with Crippen LogP contribution in [0.3, 0.4) is 0 Å². The molecule has 0 heterocycles. The molecule has 0 aromatic heterocycles. The molecule has 0 fully saturated rings. The van der Waals surface area contributed by atoms with Crippen molar-refractivity contribution in [1.82, 2.24) is 4.72 Å². The predicted octanol–water partition coefficient (Wildman–Crippen LogP) is 3.20. The average Bonchev–Trinajstić information content (AvgIpc) is 2.49. The topological polar surface area (TPSA) is 83.5 Å². The fraction of sp³-hybridized carbons (Fsp3) is 0.588. The van der Waals surface area contributed by atoms with Crippen LogP contribution in [0.4, 0.5) is 0 Å². The van der Waals surface area contributed by atoms with Gasteiger partial charge >= 0.3 is 5.97 Å². The second-order valence-electron chi connectivity index (χ2n) is 6.14. The first-order chi connectivity index (χ1) is 10.8. The van der Waals surface area contributed by atoms with E-state index in [1.54, 1.807) is 26.0 Å². The number of carboxylic acids is 1.